The van der Waals surface area contributed by atoms with Crippen molar-refractivity contribution in [2.75, 3.05) is 19.1 Å². The Bertz CT molecular complexity index is 1360. The van der Waals surface area contributed by atoms with Crippen molar-refractivity contribution in [3.8, 4) is 5.75 Å². The second-order valence-corrected chi connectivity index (χ2v) is 9.27. The van der Waals surface area contributed by atoms with Crippen LogP contribution in [0, 0.1) is 5.92 Å². The molecule has 0 saturated carbocycles. The number of rotatable bonds is 10. The van der Waals surface area contributed by atoms with E-state index in [9.17, 15) is 19.5 Å². The Morgan fingerprint density at radius 2 is 1.85 bits per heavy atom. The number of anilines is 1. The summed E-state index contributed by atoms with van der Waals surface area (Å²) in [6.07, 6.45) is 2.01. The van der Waals surface area contributed by atoms with Crippen LogP contribution in [0.3, 0.4) is 0 Å². The number of amides is 4. The van der Waals surface area contributed by atoms with Gasteiger partial charge in [-0.25, -0.2) is 14.6 Å². The molecule has 3 aromatic rings. The normalized spacial score (nSPS) is 17.2. The van der Waals surface area contributed by atoms with Gasteiger partial charge in [0.05, 0.1) is 37.9 Å². The largest absolute Gasteiger partial charge is 0.497 e. The van der Waals surface area contributed by atoms with E-state index >= 15 is 0 Å². The highest BCUT2D eigenvalue weighted by Crippen LogP contribution is 2.31. The maximum atomic E-state index is 13.2. The van der Waals surface area contributed by atoms with Crippen LogP contribution < -0.4 is 15.0 Å². The first kappa shape index (κ1) is 28.1. The maximum absolute atomic E-state index is 13.2. The van der Waals surface area contributed by atoms with Gasteiger partial charge >= 0.3 is 12.1 Å². The second-order valence-electron chi connectivity index (χ2n) is 9.27. The van der Waals surface area contributed by atoms with Gasteiger partial charge < -0.3 is 20.0 Å². The van der Waals surface area contributed by atoms with Crippen LogP contribution in [0.25, 0.3) is 0 Å². The van der Waals surface area contributed by atoms with Gasteiger partial charge in [0.15, 0.2) is 0 Å². The lowest BCUT2D eigenvalue weighted by molar-refractivity contribution is -0.145. The molecule has 1 aromatic heterocycles. The molecule has 0 aliphatic carbocycles. The maximum Gasteiger partial charge on any atom is 0.413 e. The molecule has 2 aromatic carbocycles. The zero-order valence-corrected chi connectivity index (χ0v) is 22.4. The third kappa shape index (κ3) is 6.37. The summed E-state index contributed by atoms with van der Waals surface area (Å²) in [4.78, 5) is 49.6. The number of hydrogen-bond acceptors (Lipinski definition) is 7. The molecule has 40 heavy (non-hydrogen) atoms. The predicted molar refractivity (Wildman–Crippen MR) is 148 cm³/mol. The quantitative estimate of drug-likeness (QED) is 0.221. The SMILES string of the molecule is CON=C[C@@H]1[C@@H](Cc2ccnc(N(Cc3ccc(OC)cc3)C(=O)O)c2)C(=O)N1C(=O)NC(C)c1ccccc1. The number of benzene rings is 2. The minimum absolute atomic E-state index is 0.0782. The van der Waals surface area contributed by atoms with Crippen molar-refractivity contribution < 1.29 is 29.1 Å². The van der Waals surface area contributed by atoms with Crippen molar-refractivity contribution in [3.63, 3.8) is 0 Å². The van der Waals surface area contributed by atoms with Crippen LogP contribution >= 0.6 is 0 Å². The van der Waals surface area contributed by atoms with E-state index in [2.05, 4.69) is 15.5 Å². The molecule has 4 rings (SSSR count). The van der Waals surface area contributed by atoms with E-state index in [1.54, 1.807) is 43.5 Å². The summed E-state index contributed by atoms with van der Waals surface area (Å²) in [6, 6.07) is 18.4. The Balaban J connectivity index is 1.48. The van der Waals surface area contributed by atoms with Crippen LogP contribution in [0.1, 0.15) is 29.7 Å². The van der Waals surface area contributed by atoms with Crippen molar-refractivity contribution in [2.24, 2.45) is 11.1 Å². The number of imide groups is 1. The van der Waals surface area contributed by atoms with E-state index in [-0.39, 0.29) is 30.7 Å². The number of β-lactam (4-membered cyclic amide) rings is 1. The molecule has 0 radical (unpaired) electrons. The van der Waals surface area contributed by atoms with Gasteiger partial charge in [0.2, 0.25) is 5.91 Å². The number of hydrogen-bond donors (Lipinski definition) is 2. The van der Waals surface area contributed by atoms with Gasteiger partial charge in [0.1, 0.15) is 18.7 Å². The summed E-state index contributed by atoms with van der Waals surface area (Å²) in [5.74, 6) is -0.0653. The molecule has 208 valence electrons. The standard InChI is InChI=1S/C29H31N5O6/c1-19(22-7-5-4-6-8-22)32-28(36)34-25(17-31-40-3)24(27(34)35)15-21-13-14-30-26(16-21)33(29(37)38)18-20-9-11-23(39-2)12-10-20/h4-14,16-17,19,24-25H,15,18H2,1-3H3,(H,32,36)(H,37,38)/t19?,24-,25-/m1/s1. The lowest BCUT2D eigenvalue weighted by Gasteiger charge is -2.43. The average molecular weight is 546 g/mol. The molecule has 1 fully saturated rings. The predicted octanol–water partition coefficient (Wildman–Crippen LogP) is 4.25. The van der Waals surface area contributed by atoms with E-state index in [1.165, 1.54) is 19.5 Å². The molecule has 3 atom stereocenters. The van der Waals surface area contributed by atoms with Gasteiger partial charge in [-0.15, -0.1) is 0 Å². The van der Waals surface area contributed by atoms with Crippen LogP contribution in [-0.4, -0.2) is 59.5 Å². The average Bonchev–Trinajstić information content (AvgIpc) is 2.97. The summed E-state index contributed by atoms with van der Waals surface area (Å²) >= 11 is 0. The number of oxime groups is 1. The van der Waals surface area contributed by atoms with Gasteiger partial charge in [0.25, 0.3) is 0 Å². The lowest BCUT2D eigenvalue weighted by Crippen LogP contribution is -2.66. The molecule has 1 aliphatic heterocycles. The Morgan fingerprint density at radius 1 is 1.12 bits per heavy atom. The van der Waals surface area contributed by atoms with E-state index < -0.39 is 24.1 Å². The van der Waals surface area contributed by atoms with Crippen molar-refractivity contribution in [3.05, 3.63) is 89.6 Å². The molecule has 0 spiro atoms. The minimum Gasteiger partial charge on any atom is -0.497 e. The first-order valence-electron chi connectivity index (χ1n) is 12.7. The van der Waals surface area contributed by atoms with Gasteiger partial charge in [0, 0.05) is 6.20 Å². The smallest absolute Gasteiger partial charge is 0.413 e. The van der Waals surface area contributed by atoms with Crippen LogP contribution in [0.2, 0.25) is 0 Å². The number of pyridine rings is 1. The molecular formula is C29H31N5O6. The van der Waals surface area contributed by atoms with E-state index in [0.29, 0.717) is 11.3 Å². The van der Waals surface area contributed by atoms with Crippen molar-refractivity contribution in [2.45, 2.75) is 32.0 Å². The highest BCUT2D eigenvalue weighted by molar-refractivity contribution is 6.06. The summed E-state index contributed by atoms with van der Waals surface area (Å²) in [5, 5.41) is 16.5. The number of carboxylic acid groups (broad SMARTS) is 1. The summed E-state index contributed by atoms with van der Waals surface area (Å²) in [6.45, 7) is 1.92. The minimum atomic E-state index is -1.17. The number of methoxy groups -OCH3 is 1. The number of nitrogens with one attached hydrogen (secondary N) is 1. The monoisotopic (exact) mass is 545 g/mol. The van der Waals surface area contributed by atoms with Gasteiger partial charge in [-0.3, -0.25) is 14.6 Å². The van der Waals surface area contributed by atoms with Crippen LogP contribution in [-0.2, 0) is 22.6 Å². The number of urea groups is 1. The first-order chi connectivity index (χ1) is 19.3. The molecule has 2 N–H and O–H groups in total. The van der Waals surface area contributed by atoms with Crippen molar-refractivity contribution in [1.29, 1.82) is 0 Å². The van der Waals surface area contributed by atoms with E-state index in [0.717, 1.165) is 20.9 Å². The van der Waals surface area contributed by atoms with Gasteiger partial charge in [-0.1, -0.05) is 47.6 Å². The topological polar surface area (TPSA) is 134 Å². The van der Waals surface area contributed by atoms with E-state index in [1.807, 2.05) is 37.3 Å². The Hall–Kier alpha value is -4.93. The first-order valence-corrected chi connectivity index (χ1v) is 12.7. The number of likely N-dealkylation sites (tertiary alicyclic amines) is 1. The van der Waals surface area contributed by atoms with Gasteiger partial charge in [-0.05, 0) is 54.3 Å². The molecule has 4 amide bonds. The zero-order chi connectivity index (χ0) is 28.6. The molecule has 11 heteroatoms. The van der Waals surface area contributed by atoms with Crippen LogP contribution in [0.4, 0.5) is 15.4 Å². The fraction of sp³-hybridized carbons (Fsp3) is 0.276. The lowest BCUT2D eigenvalue weighted by atomic mass is 9.83. The highest BCUT2D eigenvalue weighted by Gasteiger charge is 2.50. The molecule has 0 bridgehead atoms. The van der Waals surface area contributed by atoms with Crippen molar-refractivity contribution >= 4 is 30.1 Å². The van der Waals surface area contributed by atoms with E-state index in [4.69, 9.17) is 9.57 Å². The number of carbonyl (C=O) groups is 3. The third-order valence-electron chi connectivity index (χ3n) is 6.72. The Morgan fingerprint density at radius 3 is 2.50 bits per heavy atom. The Labute approximate surface area is 232 Å². The molecule has 11 nitrogen and oxygen atoms in total. The number of ether oxygens (including phenoxy) is 1. The number of carbonyl (C=O) groups excluding carboxylic acids is 2. The van der Waals surface area contributed by atoms with Crippen LogP contribution in [0.15, 0.2) is 78.1 Å². The third-order valence-corrected chi connectivity index (χ3v) is 6.72. The second kappa shape index (κ2) is 12.7. The Kier molecular flexibility index (Phi) is 8.95. The molecular weight excluding hydrogens is 514 g/mol. The fourth-order valence-corrected chi connectivity index (χ4v) is 4.54. The van der Waals surface area contributed by atoms with Crippen molar-refractivity contribution in [1.82, 2.24) is 15.2 Å². The molecule has 1 aliphatic rings. The van der Waals surface area contributed by atoms with Crippen LogP contribution in [0.5, 0.6) is 5.75 Å². The number of aromatic nitrogens is 1. The number of nitrogens with zero attached hydrogens (tertiary/aromatic N) is 4. The highest BCUT2D eigenvalue weighted by atomic mass is 16.6. The zero-order valence-electron chi connectivity index (χ0n) is 22.4. The molecule has 2 heterocycles. The van der Waals surface area contributed by atoms with Gasteiger partial charge in [-0.2, -0.15) is 0 Å². The molecule has 1 saturated heterocycles. The summed E-state index contributed by atoms with van der Waals surface area (Å²) < 4.78 is 5.16. The molecule has 1 unspecified atom stereocenters. The summed E-state index contributed by atoms with van der Waals surface area (Å²) in [7, 11) is 2.94. The fourth-order valence-electron chi connectivity index (χ4n) is 4.54. The summed E-state index contributed by atoms with van der Waals surface area (Å²) in [5.41, 5.74) is 2.36.